The molecule has 2 fully saturated rings. The molecule has 6 nitrogen and oxygen atoms in total. The molecule has 0 bridgehead atoms. The van der Waals surface area contributed by atoms with Crippen molar-refractivity contribution >= 4 is 39.9 Å². The van der Waals surface area contributed by atoms with Gasteiger partial charge in [0.05, 0.1) is 17.7 Å². The number of carbonyl (C=O) groups excluding carboxylic acids is 1. The molecule has 4 rings (SSSR count). The Hall–Kier alpha value is -2.38. The van der Waals surface area contributed by atoms with E-state index >= 15 is 0 Å². The first-order valence-electron chi connectivity index (χ1n) is 11.8. The number of anilines is 2. The molecular formula is C26H30FIN4O2. The number of nitrogens with zero attached hydrogens (tertiary/aromatic N) is 3. The summed E-state index contributed by atoms with van der Waals surface area (Å²) in [6, 6.07) is 16.0. The first kappa shape index (κ1) is 24.7. The summed E-state index contributed by atoms with van der Waals surface area (Å²) in [5.41, 5.74) is 2.85. The average Bonchev–Trinajstić information content (AvgIpc) is 2.88. The van der Waals surface area contributed by atoms with Crippen LogP contribution < -0.4 is 10.2 Å². The number of benzene rings is 2. The number of ether oxygens (including phenoxy) is 1. The van der Waals surface area contributed by atoms with E-state index in [1.807, 2.05) is 17.0 Å². The lowest BCUT2D eigenvalue weighted by Gasteiger charge is -2.36. The van der Waals surface area contributed by atoms with Gasteiger partial charge in [0.1, 0.15) is 13.3 Å². The Morgan fingerprint density at radius 1 is 1.09 bits per heavy atom. The summed E-state index contributed by atoms with van der Waals surface area (Å²) in [7, 11) is 0. The van der Waals surface area contributed by atoms with Gasteiger partial charge in [-0.15, -0.1) is 0 Å². The number of halogens is 2. The van der Waals surface area contributed by atoms with Gasteiger partial charge in [-0.2, -0.15) is 5.26 Å². The quantitative estimate of drug-likeness (QED) is 0.484. The van der Waals surface area contributed by atoms with E-state index in [4.69, 9.17) is 10.00 Å². The van der Waals surface area contributed by atoms with Crippen LogP contribution >= 0.6 is 22.6 Å². The summed E-state index contributed by atoms with van der Waals surface area (Å²) >= 11 is 2.31. The lowest BCUT2D eigenvalue weighted by molar-refractivity contribution is -0.139. The van der Waals surface area contributed by atoms with E-state index < -0.39 is 6.67 Å². The molecule has 2 aromatic rings. The van der Waals surface area contributed by atoms with Crippen LogP contribution in [-0.4, -0.2) is 55.7 Å². The van der Waals surface area contributed by atoms with E-state index in [9.17, 15) is 9.18 Å². The zero-order chi connectivity index (χ0) is 23.9. The molecular weight excluding hydrogens is 546 g/mol. The van der Waals surface area contributed by atoms with Gasteiger partial charge in [-0.1, -0.05) is 0 Å². The fourth-order valence-electron chi connectivity index (χ4n) is 4.66. The topological polar surface area (TPSA) is 68.6 Å². The minimum Gasteiger partial charge on any atom is -0.382 e. The second-order valence-corrected chi connectivity index (χ2v) is 10.1. The molecule has 1 saturated carbocycles. The Morgan fingerprint density at radius 2 is 1.79 bits per heavy atom. The number of nitriles is 1. The van der Waals surface area contributed by atoms with Gasteiger partial charge in [0.25, 0.3) is 0 Å². The smallest absolute Gasteiger partial charge is 0.248 e. The van der Waals surface area contributed by atoms with Gasteiger partial charge in [-0.3, -0.25) is 4.79 Å². The number of hydrogen-bond acceptors (Lipinski definition) is 5. The molecule has 2 aliphatic rings. The standard InChI is InChI=1S/C26H30FIN4O2/c27-16-20-15-23(4-1-19(20)17-29)30-22-5-9-25(10-6-22)34-18-26(33)32-13-11-31(12-14-32)24-7-2-21(28)3-8-24/h1-4,7-8,15,22,25,30H,5-6,9-14,16,18H2. The molecule has 0 radical (unpaired) electrons. The minimum absolute atomic E-state index is 0.0684. The molecule has 180 valence electrons. The van der Waals surface area contributed by atoms with Crippen LogP contribution in [0.1, 0.15) is 36.8 Å². The third kappa shape index (κ3) is 6.39. The van der Waals surface area contributed by atoms with Crippen molar-refractivity contribution in [3.05, 3.63) is 57.2 Å². The number of nitrogens with one attached hydrogen (secondary N) is 1. The van der Waals surface area contributed by atoms with Crippen molar-refractivity contribution in [3.8, 4) is 6.07 Å². The van der Waals surface area contributed by atoms with Crippen molar-refractivity contribution in [2.45, 2.75) is 44.5 Å². The highest BCUT2D eigenvalue weighted by Crippen LogP contribution is 2.26. The van der Waals surface area contributed by atoms with E-state index in [1.54, 1.807) is 12.1 Å². The number of carbonyl (C=O) groups is 1. The number of piperazine rings is 1. The maximum atomic E-state index is 13.1. The van der Waals surface area contributed by atoms with Crippen molar-refractivity contribution in [2.75, 3.05) is 43.0 Å². The highest BCUT2D eigenvalue weighted by atomic mass is 127. The van der Waals surface area contributed by atoms with Gasteiger partial charge in [0.2, 0.25) is 5.91 Å². The zero-order valence-electron chi connectivity index (χ0n) is 19.2. The highest BCUT2D eigenvalue weighted by Gasteiger charge is 2.25. The van der Waals surface area contributed by atoms with Gasteiger partial charge in [-0.05, 0) is 90.7 Å². The maximum absolute atomic E-state index is 13.1. The fourth-order valence-corrected chi connectivity index (χ4v) is 5.02. The zero-order valence-corrected chi connectivity index (χ0v) is 21.3. The van der Waals surface area contributed by atoms with Crippen LogP contribution in [0.2, 0.25) is 0 Å². The van der Waals surface area contributed by atoms with E-state index in [0.29, 0.717) is 11.1 Å². The second-order valence-electron chi connectivity index (χ2n) is 8.89. The number of amides is 1. The molecule has 8 heteroatoms. The van der Waals surface area contributed by atoms with Crippen LogP contribution in [-0.2, 0) is 16.2 Å². The summed E-state index contributed by atoms with van der Waals surface area (Å²) in [6.07, 6.45) is 3.73. The molecule has 1 amide bonds. The summed E-state index contributed by atoms with van der Waals surface area (Å²) in [6.45, 7) is 2.60. The van der Waals surface area contributed by atoms with Crippen LogP contribution in [0, 0.1) is 14.9 Å². The molecule has 0 aromatic heterocycles. The van der Waals surface area contributed by atoms with Crippen molar-refractivity contribution in [1.29, 1.82) is 5.26 Å². The molecule has 1 N–H and O–H groups in total. The van der Waals surface area contributed by atoms with Gasteiger partial charge < -0.3 is 19.9 Å². The van der Waals surface area contributed by atoms with Crippen LogP contribution in [0.5, 0.6) is 0 Å². The molecule has 0 spiro atoms. The molecule has 1 aliphatic carbocycles. The van der Waals surface area contributed by atoms with Gasteiger partial charge >= 0.3 is 0 Å². The third-order valence-electron chi connectivity index (χ3n) is 6.68. The van der Waals surface area contributed by atoms with Crippen molar-refractivity contribution in [2.24, 2.45) is 0 Å². The Balaban J connectivity index is 1.16. The maximum Gasteiger partial charge on any atom is 0.248 e. The lowest BCUT2D eigenvalue weighted by atomic mass is 9.92. The molecule has 2 aromatic carbocycles. The molecule has 34 heavy (non-hydrogen) atoms. The van der Waals surface area contributed by atoms with E-state index in [1.165, 1.54) is 9.26 Å². The van der Waals surface area contributed by atoms with E-state index in [-0.39, 0.29) is 24.7 Å². The van der Waals surface area contributed by atoms with Crippen LogP contribution in [0.4, 0.5) is 15.8 Å². The van der Waals surface area contributed by atoms with Gasteiger partial charge in [0, 0.05) is 52.7 Å². The molecule has 0 atom stereocenters. The second kappa shape index (κ2) is 11.8. The minimum atomic E-state index is -0.645. The Labute approximate surface area is 214 Å². The van der Waals surface area contributed by atoms with Gasteiger partial charge in [0.15, 0.2) is 0 Å². The molecule has 1 heterocycles. The van der Waals surface area contributed by atoms with Crippen molar-refractivity contribution in [1.82, 2.24) is 4.90 Å². The fraction of sp³-hybridized carbons (Fsp3) is 0.462. The van der Waals surface area contributed by atoms with Gasteiger partial charge in [-0.25, -0.2) is 4.39 Å². The summed E-state index contributed by atoms with van der Waals surface area (Å²) < 4.78 is 20.3. The number of rotatable bonds is 7. The van der Waals surface area contributed by atoms with Crippen molar-refractivity contribution in [3.63, 3.8) is 0 Å². The van der Waals surface area contributed by atoms with Crippen LogP contribution in [0.3, 0.4) is 0 Å². The normalized spacial score (nSPS) is 20.6. The summed E-state index contributed by atoms with van der Waals surface area (Å²) in [4.78, 5) is 16.9. The van der Waals surface area contributed by atoms with Crippen LogP contribution in [0.25, 0.3) is 0 Å². The predicted molar refractivity (Wildman–Crippen MR) is 140 cm³/mol. The summed E-state index contributed by atoms with van der Waals surface area (Å²) in [5.74, 6) is 0.0684. The largest absolute Gasteiger partial charge is 0.382 e. The number of hydrogen-bond donors (Lipinski definition) is 1. The van der Waals surface area contributed by atoms with Crippen LogP contribution in [0.15, 0.2) is 42.5 Å². The van der Waals surface area contributed by atoms with E-state index in [2.05, 4.69) is 57.1 Å². The SMILES string of the molecule is N#Cc1ccc(NC2CCC(OCC(=O)N3CCN(c4ccc(I)cc4)CC3)CC2)cc1CF. The third-order valence-corrected chi connectivity index (χ3v) is 7.40. The monoisotopic (exact) mass is 576 g/mol. The molecule has 0 unspecified atom stereocenters. The summed E-state index contributed by atoms with van der Waals surface area (Å²) in [5, 5.41) is 12.5. The molecule has 1 aliphatic heterocycles. The average molecular weight is 576 g/mol. The lowest BCUT2D eigenvalue weighted by Crippen LogP contribution is -2.50. The predicted octanol–water partition coefficient (Wildman–Crippen LogP) is 4.72. The first-order chi connectivity index (χ1) is 16.6. The Kier molecular flexibility index (Phi) is 8.62. The Morgan fingerprint density at radius 3 is 2.44 bits per heavy atom. The van der Waals surface area contributed by atoms with Crippen molar-refractivity contribution < 1.29 is 13.9 Å². The first-order valence-corrected chi connectivity index (χ1v) is 12.9. The van der Waals surface area contributed by atoms with E-state index in [0.717, 1.165) is 57.5 Å². The highest BCUT2D eigenvalue weighted by molar-refractivity contribution is 14.1. The molecule has 1 saturated heterocycles. The Bertz CT molecular complexity index is 1010. The number of alkyl halides is 1.